The second-order valence-corrected chi connectivity index (χ2v) is 7.97. The molecular formula is C21H21BrN2O4. The Labute approximate surface area is 172 Å². The number of anilines is 1. The fourth-order valence-electron chi connectivity index (χ4n) is 3.59. The Hall–Kier alpha value is -2.54. The average Bonchev–Trinajstić information content (AvgIpc) is 3.09. The molecule has 0 radical (unpaired) electrons. The number of benzene rings is 2. The first-order valence-corrected chi connectivity index (χ1v) is 10.00. The van der Waals surface area contributed by atoms with Crippen LogP contribution in [0.25, 0.3) is 0 Å². The lowest BCUT2D eigenvalue weighted by Gasteiger charge is -2.23. The van der Waals surface area contributed by atoms with Gasteiger partial charge in [0.05, 0.1) is 5.92 Å². The van der Waals surface area contributed by atoms with E-state index in [4.69, 9.17) is 9.47 Å². The van der Waals surface area contributed by atoms with Crippen LogP contribution in [0.4, 0.5) is 5.69 Å². The Bertz CT molecular complexity index is 900. The third-order valence-corrected chi connectivity index (χ3v) is 5.54. The molecule has 1 unspecified atom stereocenters. The number of hydrogen-bond acceptors (Lipinski definition) is 4. The summed E-state index contributed by atoms with van der Waals surface area (Å²) in [6.45, 7) is 1.94. The summed E-state index contributed by atoms with van der Waals surface area (Å²) in [4.78, 5) is 28.7. The summed E-state index contributed by atoms with van der Waals surface area (Å²) in [5.74, 6) is 1.06. The van der Waals surface area contributed by atoms with Crippen molar-refractivity contribution in [3.05, 3.63) is 52.5 Å². The molecular weight excluding hydrogens is 424 g/mol. The third-order valence-electron chi connectivity index (χ3n) is 5.02. The molecule has 6 nitrogen and oxygen atoms in total. The summed E-state index contributed by atoms with van der Waals surface area (Å²) >= 11 is 3.40. The second-order valence-electron chi connectivity index (χ2n) is 7.05. The van der Waals surface area contributed by atoms with Crippen LogP contribution in [0.15, 0.2) is 46.9 Å². The van der Waals surface area contributed by atoms with Crippen LogP contribution in [-0.2, 0) is 16.1 Å². The van der Waals surface area contributed by atoms with Crippen molar-refractivity contribution in [1.29, 1.82) is 0 Å². The number of carbonyl (C=O) groups excluding carboxylic acids is 2. The van der Waals surface area contributed by atoms with E-state index in [1.165, 1.54) is 0 Å². The third kappa shape index (κ3) is 3.85. The lowest BCUT2D eigenvalue weighted by Crippen LogP contribution is -2.34. The summed E-state index contributed by atoms with van der Waals surface area (Å²) in [6.07, 6.45) is 0.236. The molecule has 2 aliphatic rings. The van der Waals surface area contributed by atoms with Gasteiger partial charge >= 0.3 is 0 Å². The van der Waals surface area contributed by atoms with Gasteiger partial charge in [-0.25, -0.2) is 0 Å². The number of hydrogen-bond donors (Lipinski definition) is 0. The SMILES string of the molecule is CN(Cc1ccc2c(c1)OCCO2)C(=O)C1CC(=O)N(c2ccc(Br)cc2)C1. The predicted octanol–water partition coefficient (Wildman–Crippen LogP) is 3.23. The van der Waals surface area contributed by atoms with Gasteiger partial charge in [0.25, 0.3) is 0 Å². The van der Waals surface area contributed by atoms with E-state index in [9.17, 15) is 9.59 Å². The molecule has 0 bridgehead atoms. The first-order chi connectivity index (χ1) is 13.5. The van der Waals surface area contributed by atoms with Gasteiger partial charge in [-0.05, 0) is 42.0 Å². The van der Waals surface area contributed by atoms with E-state index in [-0.39, 0.29) is 24.2 Å². The molecule has 1 atom stereocenters. The summed E-state index contributed by atoms with van der Waals surface area (Å²) in [5.41, 5.74) is 1.78. The molecule has 2 aliphatic heterocycles. The molecule has 2 heterocycles. The molecule has 7 heteroatoms. The summed E-state index contributed by atoms with van der Waals surface area (Å²) in [7, 11) is 1.77. The van der Waals surface area contributed by atoms with Crippen LogP contribution < -0.4 is 14.4 Å². The lowest BCUT2D eigenvalue weighted by atomic mass is 10.1. The van der Waals surface area contributed by atoms with Crippen LogP contribution in [0.5, 0.6) is 11.5 Å². The first kappa shape index (κ1) is 18.8. The number of nitrogens with zero attached hydrogens (tertiary/aromatic N) is 2. The lowest BCUT2D eigenvalue weighted by molar-refractivity contribution is -0.135. The quantitative estimate of drug-likeness (QED) is 0.726. The smallest absolute Gasteiger partial charge is 0.228 e. The van der Waals surface area contributed by atoms with E-state index >= 15 is 0 Å². The minimum absolute atomic E-state index is 0.0200. The number of amides is 2. The molecule has 0 aliphatic carbocycles. The van der Waals surface area contributed by atoms with Gasteiger partial charge in [-0.15, -0.1) is 0 Å². The highest BCUT2D eigenvalue weighted by Gasteiger charge is 2.36. The Morgan fingerprint density at radius 3 is 2.61 bits per heavy atom. The van der Waals surface area contributed by atoms with Gasteiger partial charge in [-0.2, -0.15) is 0 Å². The monoisotopic (exact) mass is 444 g/mol. The molecule has 0 aromatic heterocycles. The zero-order valence-electron chi connectivity index (χ0n) is 15.6. The van der Waals surface area contributed by atoms with Crippen LogP contribution >= 0.6 is 15.9 Å². The van der Waals surface area contributed by atoms with Gasteiger partial charge in [0.1, 0.15) is 13.2 Å². The van der Waals surface area contributed by atoms with Gasteiger partial charge in [-0.1, -0.05) is 22.0 Å². The fraction of sp³-hybridized carbons (Fsp3) is 0.333. The molecule has 2 aromatic rings. The van der Waals surface area contributed by atoms with Crippen molar-refractivity contribution < 1.29 is 19.1 Å². The highest BCUT2D eigenvalue weighted by atomic mass is 79.9. The highest BCUT2D eigenvalue weighted by Crippen LogP contribution is 2.32. The largest absolute Gasteiger partial charge is 0.486 e. The highest BCUT2D eigenvalue weighted by molar-refractivity contribution is 9.10. The van der Waals surface area contributed by atoms with Crippen molar-refractivity contribution in [3.63, 3.8) is 0 Å². The average molecular weight is 445 g/mol. The molecule has 0 N–H and O–H groups in total. The number of carbonyl (C=O) groups is 2. The summed E-state index contributed by atoms with van der Waals surface area (Å²) in [6, 6.07) is 13.3. The van der Waals surface area contributed by atoms with E-state index < -0.39 is 0 Å². The molecule has 4 rings (SSSR count). The zero-order valence-corrected chi connectivity index (χ0v) is 17.1. The van der Waals surface area contributed by atoms with Crippen molar-refractivity contribution >= 4 is 33.4 Å². The molecule has 28 heavy (non-hydrogen) atoms. The Balaban J connectivity index is 1.41. The van der Waals surface area contributed by atoms with Crippen molar-refractivity contribution in [3.8, 4) is 11.5 Å². The van der Waals surface area contributed by atoms with Gasteiger partial charge in [-0.3, -0.25) is 9.59 Å². The van der Waals surface area contributed by atoms with Crippen LogP contribution in [0.3, 0.4) is 0 Å². The van der Waals surface area contributed by atoms with Crippen LogP contribution in [0.2, 0.25) is 0 Å². The number of fused-ring (bicyclic) bond motifs is 1. The fourth-order valence-corrected chi connectivity index (χ4v) is 3.86. The van der Waals surface area contributed by atoms with E-state index in [1.54, 1.807) is 16.8 Å². The summed E-state index contributed by atoms with van der Waals surface area (Å²) < 4.78 is 12.1. The van der Waals surface area contributed by atoms with Crippen molar-refractivity contribution in [2.75, 3.05) is 31.7 Å². The summed E-state index contributed by atoms with van der Waals surface area (Å²) in [5, 5.41) is 0. The van der Waals surface area contributed by atoms with Gasteiger partial charge in [0.2, 0.25) is 11.8 Å². The molecule has 1 fully saturated rings. The normalized spacial score (nSPS) is 18.3. The maximum atomic E-state index is 12.9. The van der Waals surface area contributed by atoms with Gasteiger partial charge in [0.15, 0.2) is 11.5 Å². The number of ether oxygens (including phenoxy) is 2. The van der Waals surface area contributed by atoms with Crippen LogP contribution in [-0.4, -0.2) is 43.5 Å². The molecule has 2 amide bonds. The number of halogens is 1. The Morgan fingerprint density at radius 2 is 1.86 bits per heavy atom. The molecule has 0 spiro atoms. The molecule has 0 saturated carbocycles. The van der Waals surface area contributed by atoms with E-state index in [0.717, 1.165) is 21.5 Å². The van der Waals surface area contributed by atoms with Crippen LogP contribution in [0.1, 0.15) is 12.0 Å². The van der Waals surface area contributed by atoms with Crippen molar-refractivity contribution in [2.24, 2.45) is 5.92 Å². The molecule has 2 aromatic carbocycles. The van der Waals surface area contributed by atoms with Gasteiger partial charge < -0.3 is 19.3 Å². The zero-order chi connectivity index (χ0) is 19.7. The van der Waals surface area contributed by atoms with E-state index in [0.29, 0.717) is 32.1 Å². The minimum Gasteiger partial charge on any atom is -0.486 e. The van der Waals surface area contributed by atoms with E-state index in [2.05, 4.69) is 15.9 Å². The molecule has 146 valence electrons. The Morgan fingerprint density at radius 1 is 1.14 bits per heavy atom. The van der Waals surface area contributed by atoms with Gasteiger partial charge in [0, 0.05) is 36.7 Å². The molecule has 1 saturated heterocycles. The standard InChI is InChI=1S/C21H21BrN2O4/c1-23(12-14-2-7-18-19(10-14)28-9-8-27-18)21(26)15-11-20(25)24(13-15)17-5-3-16(22)4-6-17/h2-7,10,15H,8-9,11-13H2,1H3. The van der Waals surface area contributed by atoms with Crippen LogP contribution in [0, 0.1) is 5.92 Å². The first-order valence-electron chi connectivity index (χ1n) is 9.20. The Kier molecular flexibility index (Phi) is 5.26. The topological polar surface area (TPSA) is 59.1 Å². The number of rotatable bonds is 4. The maximum Gasteiger partial charge on any atom is 0.228 e. The second kappa shape index (κ2) is 7.83. The van der Waals surface area contributed by atoms with Crippen molar-refractivity contribution in [1.82, 2.24) is 4.90 Å². The maximum absolute atomic E-state index is 12.9. The van der Waals surface area contributed by atoms with Crippen molar-refractivity contribution in [2.45, 2.75) is 13.0 Å². The minimum atomic E-state index is -0.335. The predicted molar refractivity (Wildman–Crippen MR) is 109 cm³/mol. The van der Waals surface area contributed by atoms with E-state index in [1.807, 2.05) is 42.5 Å².